The molecule has 2 heterocycles. The molecule has 0 radical (unpaired) electrons. The molecule has 2 aromatic heterocycles. The van der Waals surface area contributed by atoms with Crippen molar-refractivity contribution in [1.29, 1.82) is 0 Å². The molecule has 0 amide bonds. The van der Waals surface area contributed by atoms with E-state index in [1.807, 2.05) is 0 Å². The highest BCUT2D eigenvalue weighted by atomic mass is 16.5. The number of aryl methyl sites for hydroxylation is 1. The van der Waals surface area contributed by atoms with E-state index in [2.05, 4.69) is 119 Å². The Labute approximate surface area is 229 Å². The fourth-order valence-electron chi connectivity index (χ4n) is 7.49. The van der Waals surface area contributed by atoms with Gasteiger partial charge in [0.05, 0.1) is 29.0 Å². The molecule has 192 valence electrons. The smallest absolute Gasteiger partial charge is 0.128 e. The molecular weight excluding hydrogens is 474 g/mol. The van der Waals surface area contributed by atoms with Crippen molar-refractivity contribution < 1.29 is 4.74 Å². The van der Waals surface area contributed by atoms with E-state index in [4.69, 9.17) is 4.74 Å². The Kier molecular flexibility index (Phi) is 4.18. The Balaban J connectivity index is 1.57. The topological polar surface area (TPSA) is 13.6 Å². The van der Waals surface area contributed by atoms with Gasteiger partial charge in [-0.05, 0) is 69.8 Å². The molecule has 0 saturated heterocycles. The summed E-state index contributed by atoms with van der Waals surface area (Å²) in [5.74, 6) is 0.938. The lowest BCUT2D eigenvalue weighted by atomic mass is 9.79. The predicted molar refractivity (Wildman–Crippen MR) is 166 cm³/mol. The minimum Gasteiger partial charge on any atom is -0.496 e. The number of hydrogen-bond acceptors (Lipinski definition) is 1. The van der Waals surface area contributed by atoms with Crippen LogP contribution in [0.1, 0.15) is 56.9 Å². The average Bonchev–Trinajstić information content (AvgIpc) is 3.50. The van der Waals surface area contributed by atoms with Crippen molar-refractivity contribution in [3.05, 3.63) is 95.1 Å². The predicted octanol–water partition coefficient (Wildman–Crippen LogP) is 9.91. The molecule has 39 heavy (non-hydrogen) atoms. The van der Waals surface area contributed by atoms with E-state index in [9.17, 15) is 0 Å². The van der Waals surface area contributed by atoms with Crippen molar-refractivity contribution in [2.75, 3.05) is 7.11 Å². The Bertz CT molecular complexity index is 2170. The maximum absolute atomic E-state index is 5.96. The number of nitrogens with zero attached hydrogens (tertiary/aromatic N) is 1. The van der Waals surface area contributed by atoms with E-state index in [0.29, 0.717) is 0 Å². The van der Waals surface area contributed by atoms with E-state index in [1.54, 1.807) is 7.11 Å². The zero-order chi connectivity index (χ0) is 27.0. The third kappa shape index (κ3) is 2.72. The Morgan fingerprint density at radius 1 is 0.692 bits per heavy atom. The van der Waals surface area contributed by atoms with Crippen LogP contribution in [-0.2, 0) is 10.8 Å². The van der Waals surface area contributed by atoms with Gasteiger partial charge in [0.2, 0.25) is 0 Å². The summed E-state index contributed by atoms with van der Waals surface area (Å²) in [5, 5.41) is 7.74. The molecule has 0 unspecified atom stereocenters. The van der Waals surface area contributed by atoms with E-state index in [-0.39, 0.29) is 10.8 Å². The third-order valence-corrected chi connectivity index (χ3v) is 9.41. The van der Waals surface area contributed by atoms with Gasteiger partial charge in [0.1, 0.15) is 5.75 Å². The maximum Gasteiger partial charge on any atom is 0.128 e. The van der Waals surface area contributed by atoms with Crippen LogP contribution >= 0.6 is 0 Å². The molecule has 8 rings (SSSR count). The standard InChI is InChI=1S/C37H33NO/c1-20-8-10-22-23-11-13-25-24(33(23)37(5,6)29(22)18-20)12-14-26-27-15-17-31(39-7)32-28-19-21(36(2,3)4)9-16-30(28)38(34(25)26)35(27)32/h8-19H,1-7H3. The van der Waals surface area contributed by atoms with Crippen LogP contribution < -0.4 is 4.74 Å². The van der Waals surface area contributed by atoms with Crippen LogP contribution in [0.25, 0.3) is 60.0 Å². The van der Waals surface area contributed by atoms with Gasteiger partial charge >= 0.3 is 0 Å². The van der Waals surface area contributed by atoms with Gasteiger partial charge in [0.15, 0.2) is 0 Å². The number of methoxy groups -OCH3 is 1. The van der Waals surface area contributed by atoms with Gasteiger partial charge in [0, 0.05) is 27.0 Å². The summed E-state index contributed by atoms with van der Waals surface area (Å²) in [5.41, 5.74) is 12.1. The van der Waals surface area contributed by atoms with Gasteiger partial charge in [-0.1, -0.05) is 88.7 Å². The molecule has 1 aliphatic carbocycles. The maximum atomic E-state index is 5.96. The lowest BCUT2D eigenvalue weighted by Crippen LogP contribution is -2.15. The first-order valence-corrected chi connectivity index (χ1v) is 14.0. The molecule has 2 nitrogen and oxygen atoms in total. The summed E-state index contributed by atoms with van der Waals surface area (Å²) in [6.45, 7) is 13.8. The van der Waals surface area contributed by atoms with E-state index in [0.717, 1.165) is 5.75 Å². The first kappa shape index (κ1) is 22.9. The van der Waals surface area contributed by atoms with Gasteiger partial charge in [-0.2, -0.15) is 0 Å². The van der Waals surface area contributed by atoms with E-state index in [1.165, 1.54) is 82.2 Å². The Morgan fingerprint density at radius 3 is 2.13 bits per heavy atom. The van der Waals surface area contributed by atoms with Crippen molar-refractivity contribution in [3.8, 4) is 16.9 Å². The van der Waals surface area contributed by atoms with Gasteiger partial charge in [-0.25, -0.2) is 0 Å². The number of aromatic nitrogens is 1. The quantitative estimate of drug-likeness (QED) is 0.216. The SMILES string of the molecule is COc1ccc2c3ccc4c5c(ccc4c3n3c4ccc(C(C)(C)C)cc4c1c23)-c1ccc(C)cc1C5(C)C. The highest BCUT2D eigenvalue weighted by Crippen LogP contribution is 2.53. The second-order valence-corrected chi connectivity index (χ2v) is 13.1. The summed E-state index contributed by atoms with van der Waals surface area (Å²) in [7, 11) is 1.79. The zero-order valence-corrected chi connectivity index (χ0v) is 23.8. The molecule has 0 spiro atoms. The monoisotopic (exact) mass is 507 g/mol. The normalized spacial score (nSPS) is 14.7. The number of benzene rings is 5. The molecule has 0 fully saturated rings. The van der Waals surface area contributed by atoms with Crippen LogP contribution in [0, 0.1) is 6.92 Å². The number of ether oxygens (including phenoxy) is 1. The van der Waals surface area contributed by atoms with Gasteiger partial charge in [-0.15, -0.1) is 0 Å². The van der Waals surface area contributed by atoms with Crippen molar-refractivity contribution in [1.82, 2.24) is 4.40 Å². The lowest BCUT2D eigenvalue weighted by Gasteiger charge is -2.23. The molecule has 0 bridgehead atoms. The molecule has 0 saturated carbocycles. The third-order valence-electron chi connectivity index (χ3n) is 9.41. The van der Waals surface area contributed by atoms with Crippen molar-refractivity contribution in [2.24, 2.45) is 0 Å². The zero-order valence-electron chi connectivity index (χ0n) is 23.8. The van der Waals surface area contributed by atoms with Crippen LogP contribution in [0.15, 0.2) is 72.8 Å². The van der Waals surface area contributed by atoms with E-state index >= 15 is 0 Å². The molecule has 2 heteroatoms. The molecule has 0 aliphatic heterocycles. The second kappa shape index (κ2) is 7.12. The molecule has 0 atom stereocenters. The summed E-state index contributed by atoms with van der Waals surface area (Å²) in [6.07, 6.45) is 0. The van der Waals surface area contributed by atoms with Gasteiger partial charge in [0.25, 0.3) is 0 Å². The Hall–Kier alpha value is -4.04. The molecule has 5 aromatic carbocycles. The fourth-order valence-corrected chi connectivity index (χ4v) is 7.49. The minimum absolute atomic E-state index is 0.0607. The van der Waals surface area contributed by atoms with Crippen LogP contribution in [0.4, 0.5) is 0 Å². The summed E-state index contributed by atoms with van der Waals surface area (Å²) < 4.78 is 8.48. The van der Waals surface area contributed by atoms with Crippen LogP contribution in [0.5, 0.6) is 5.75 Å². The highest BCUT2D eigenvalue weighted by molar-refractivity contribution is 6.29. The van der Waals surface area contributed by atoms with E-state index < -0.39 is 0 Å². The van der Waals surface area contributed by atoms with Gasteiger partial charge < -0.3 is 9.14 Å². The number of rotatable bonds is 1. The first-order valence-electron chi connectivity index (χ1n) is 14.0. The van der Waals surface area contributed by atoms with Crippen molar-refractivity contribution >= 4 is 48.9 Å². The van der Waals surface area contributed by atoms with Crippen molar-refractivity contribution in [2.45, 2.75) is 52.4 Å². The molecular formula is C37H33NO. The average molecular weight is 508 g/mol. The fraction of sp³-hybridized carbons (Fsp3) is 0.243. The second-order valence-electron chi connectivity index (χ2n) is 13.1. The van der Waals surface area contributed by atoms with Crippen LogP contribution in [0.3, 0.4) is 0 Å². The highest BCUT2D eigenvalue weighted by Gasteiger charge is 2.37. The summed E-state index contributed by atoms with van der Waals surface area (Å²) in [6, 6.07) is 27.8. The molecule has 7 aromatic rings. The molecule has 0 N–H and O–H groups in total. The largest absolute Gasteiger partial charge is 0.496 e. The Morgan fingerprint density at radius 2 is 1.36 bits per heavy atom. The number of hydrogen-bond donors (Lipinski definition) is 0. The molecule has 1 aliphatic rings. The number of fused-ring (bicyclic) bond motifs is 12. The van der Waals surface area contributed by atoms with Gasteiger partial charge in [-0.3, -0.25) is 0 Å². The van der Waals surface area contributed by atoms with Crippen LogP contribution in [0.2, 0.25) is 0 Å². The lowest BCUT2D eigenvalue weighted by molar-refractivity contribution is 0.420. The van der Waals surface area contributed by atoms with Crippen molar-refractivity contribution in [3.63, 3.8) is 0 Å². The minimum atomic E-state index is -0.0607. The first-order chi connectivity index (χ1) is 18.6. The summed E-state index contributed by atoms with van der Waals surface area (Å²) in [4.78, 5) is 0. The summed E-state index contributed by atoms with van der Waals surface area (Å²) >= 11 is 0. The van der Waals surface area contributed by atoms with Crippen LogP contribution in [-0.4, -0.2) is 11.5 Å².